The van der Waals surface area contributed by atoms with E-state index >= 15 is 0 Å². The van der Waals surface area contributed by atoms with E-state index in [2.05, 4.69) is 14.8 Å². The standard InChI is InChI=1S/C13H22N4OS/c1-16(2)11(12-4-3-7-18-12)10-15-13(14)17-5-8-19-9-6-17/h3-4,7,11H,5-6,8-10H2,1-2H3,(H2,14,15). The monoisotopic (exact) mass is 282 g/mol. The maximum Gasteiger partial charge on any atom is 0.191 e. The fourth-order valence-corrected chi connectivity index (χ4v) is 2.96. The Balaban J connectivity index is 1.97. The van der Waals surface area contributed by atoms with Crippen molar-refractivity contribution in [1.29, 1.82) is 0 Å². The number of rotatable bonds is 4. The summed E-state index contributed by atoms with van der Waals surface area (Å²) < 4.78 is 5.47. The van der Waals surface area contributed by atoms with Crippen LogP contribution in [0.25, 0.3) is 0 Å². The largest absolute Gasteiger partial charge is 0.468 e. The van der Waals surface area contributed by atoms with Gasteiger partial charge in [-0.1, -0.05) is 0 Å². The number of hydrogen-bond acceptors (Lipinski definition) is 4. The highest BCUT2D eigenvalue weighted by atomic mass is 32.2. The first kappa shape index (κ1) is 14.3. The minimum absolute atomic E-state index is 0.132. The number of hydrogen-bond donors (Lipinski definition) is 1. The molecule has 0 amide bonds. The molecular formula is C13H22N4OS. The molecule has 1 fully saturated rings. The maximum absolute atomic E-state index is 6.07. The molecule has 1 atom stereocenters. The lowest BCUT2D eigenvalue weighted by Gasteiger charge is -2.28. The molecule has 0 saturated carbocycles. The highest BCUT2D eigenvalue weighted by molar-refractivity contribution is 7.99. The second kappa shape index (κ2) is 6.86. The minimum atomic E-state index is 0.132. The van der Waals surface area contributed by atoms with Gasteiger partial charge in [0.1, 0.15) is 5.76 Å². The molecule has 1 unspecified atom stereocenters. The van der Waals surface area contributed by atoms with Crippen molar-refractivity contribution in [3.8, 4) is 0 Å². The summed E-state index contributed by atoms with van der Waals surface area (Å²) in [6.07, 6.45) is 1.70. The molecule has 1 aliphatic heterocycles. The predicted octanol–water partition coefficient (Wildman–Crippen LogP) is 1.25. The van der Waals surface area contributed by atoms with Gasteiger partial charge in [-0.3, -0.25) is 9.89 Å². The van der Waals surface area contributed by atoms with Crippen LogP contribution in [-0.2, 0) is 0 Å². The molecule has 2 rings (SSSR count). The van der Waals surface area contributed by atoms with Crippen LogP contribution in [0.3, 0.4) is 0 Å². The number of likely N-dealkylation sites (N-methyl/N-ethyl adjacent to an activating group) is 1. The summed E-state index contributed by atoms with van der Waals surface area (Å²) in [5, 5.41) is 0. The first-order valence-corrected chi connectivity index (χ1v) is 7.66. The second-order valence-corrected chi connectivity index (χ2v) is 6.02. The highest BCUT2D eigenvalue weighted by Gasteiger charge is 2.18. The van der Waals surface area contributed by atoms with Gasteiger partial charge >= 0.3 is 0 Å². The Bertz CT molecular complexity index is 399. The summed E-state index contributed by atoms with van der Waals surface area (Å²) in [6, 6.07) is 4.02. The Morgan fingerprint density at radius 1 is 1.53 bits per heavy atom. The van der Waals surface area contributed by atoms with E-state index in [1.807, 2.05) is 38.0 Å². The quantitative estimate of drug-likeness (QED) is 0.665. The third kappa shape index (κ3) is 3.91. The molecule has 5 nitrogen and oxygen atoms in total. The van der Waals surface area contributed by atoms with E-state index < -0.39 is 0 Å². The van der Waals surface area contributed by atoms with Crippen molar-refractivity contribution < 1.29 is 4.42 Å². The first-order valence-electron chi connectivity index (χ1n) is 6.51. The summed E-state index contributed by atoms with van der Waals surface area (Å²) in [6.45, 7) is 2.61. The second-order valence-electron chi connectivity index (χ2n) is 4.79. The van der Waals surface area contributed by atoms with Crippen molar-refractivity contribution in [1.82, 2.24) is 9.80 Å². The van der Waals surface area contributed by atoms with Crippen LogP contribution in [0.4, 0.5) is 0 Å². The molecule has 106 valence electrons. The summed E-state index contributed by atoms with van der Waals surface area (Å²) in [5.41, 5.74) is 6.07. The topological polar surface area (TPSA) is 58.0 Å². The minimum Gasteiger partial charge on any atom is -0.468 e. The van der Waals surface area contributed by atoms with Gasteiger partial charge in [-0.15, -0.1) is 0 Å². The molecule has 0 spiro atoms. The molecule has 19 heavy (non-hydrogen) atoms. The van der Waals surface area contributed by atoms with Crippen molar-refractivity contribution in [3.05, 3.63) is 24.2 Å². The Kier molecular flexibility index (Phi) is 5.15. The molecule has 0 bridgehead atoms. The Labute approximate surface area is 118 Å². The molecule has 0 aliphatic carbocycles. The van der Waals surface area contributed by atoms with E-state index in [0.29, 0.717) is 12.5 Å². The van der Waals surface area contributed by atoms with E-state index in [-0.39, 0.29) is 6.04 Å². The molecule has 0 radical (unpaired) electrons. The molecule has 6 heteroatoms. The van der Waals surface area contributed by atoms with Crippen LogP contribution in [0.1, 0.15) is 11.8 Å². The van der Waals surface area contributed by atoms with Gasteiger partial charge in [-0.2, -0.15) is 11.8 Å². The number of guanidine groups is 1. The summed E-state index contributed by atoms with van der Waals surface area (Å²) in [5.74, 6) is 3.84. The number of aliphatic imine (C=N–C) groups is 1. The Morgan fingerprint density at radius 3 is 2.84 bits per heavy atom. The van der Waals surface area contributed by atoms with Gasteiger partial charge < -0.3 is 15.1 Å². The number of furan rings is 1. The molecule has 1 aliphatic rings. The van der Waals surface area contributed by atoms with E-state index in [4.69, 9.17) is 10.2 Å². The van der Waals surface area contributed by atoms with Gasteiger partial charge in [-0.25, -0.2) is 0 Å². The molecule has 2 N–H and O–H groups in total. The van der Waals surface area contributed by atoms with Gasteiger partial charge in [0.15, 0.2) is 5.96 Å². The smallest absolute Gasteiger partial charge is 0.191 e. The fraction of sp³-hybridized carbons (Fsp3) is 0.615. The third-order valence-corrected chi connectivity index (χ3v) is 4.20. The molecule has 1 aromatic rings. The average molecular weight is 282 g/mol. The van der Waals surface area contributed by atoms with Crippen LogP contribution in [0.5, 0.6) is 0 Å². The summed E-state index contributed by atoms with van der Waals surface area (Å²) >= 11 is 1.97. The van der Waals surface area contributed by atoms with Gasteiger partial charge in [0, 0.05) is 24.6 Å². The van der Waals surface area contributed by atoms with Gasteiger partial charge in [0.25, 0.3) is 0 Å². The first-order chi connectivity index (χ1) is 9.18. The Hall–Kier alpha value is -1.14. The zero-order valence-electron chi connectivity index (χ0n) is 11.6. The van der Waals surface area contributed by atoms with Crippen molar-refractivity contribution in [2.24, 2.45) is 10.7 Å². The maximum atomic E-state index is 6.07. The molecule has 1 aromatic heterocycles. The lowest BCUT2D eigenvalue weighted by atomic mass is 10.2. The average Bonchev–Trinajstić information content (AvgIpc) is 2.93. The summed E-state index contributed by atoms with van der Waals surface area (Å²) in [7, 11) is 4.05. The predicted molar refractivity (Wildman–Crippen MR) is 80.5 cm³/mol. The molecule has 1 saturated heterocycles. The highest BCUT2D eigenvalue weighted by Crippen LogP contribution is 2.19. The van der Waals surface area contributed by atoms with E-state index in [0.717, 1.165) is 30.4 Å². The SMILES string of the molecule is CN(C)C(CN=C(N)N1CCSCC1)c1ccco1. The van der Waals surface area contributed by atoms with Gasteiger partial charge in [-0.05, 0) is 26.2 Å². The number of thioether (sulfide) groups is 1. The van der Waals surface area contributed by atoms with Crippen LogP contribution >= 0.6 is 11.8 Å². The Morgan fingerprint density at radius 2 is 2.26 bits per heavy atom. The zero-order chi connectivity index (χ0) is 13.7. The molecule has 2 heterocycles. The molecule has 0 aromatic carbocycles. The van der Waals surface area contributed by atoms with E-state index in [9.17, 15) is 0 Å². The summed E-state index contributed by atoms with van der Waals surface area (Å²) in [4.78, 5) is 8.79. The normalized spacial score (nSPS) is 18.9. The van der Waals surface area contributed by atoms with Crippen LogP contribution in [0.15, 0.2) is 27.8 Å². The zero-order valence-corrected chi connectivity index (χ0v) is 12.4. The van der Waals surface area contributed by atoms with Crippen molar-refractivity contribution >= 4 is 17.7 Å². The van der Waals surface area contributed by atoms with Gasteiger partial charge in [0.05, 0.1) is 18.8 Å². The van der Waals surface area contributed by atoms with Crippen molar-refractivity contribution in [2.75, 3.05) is 45.2 Å². The van der Waals surface area contributed by atoms with E-state index in [1.54, 1.807) is 6.26 Å². The lowest BCUT2D eigenvalue weighted by molar-refractivity contribution is 0.264. The number of nitrogens with two attached hydrogens (primary N) is 1. The van der Waals surface area contributed by atoms with Crippen LogP contribution in [0.2, 0.25) is 0 Å². The number of nitrogens with zero attached hydrogens (tertiary/aromatic N) is 3. The van der Waals surface area contributed by atoms with E-state index in [1.165, 1.54) is 0 Å². The lowest BCUT2D eigenvalue weighted by Crippen LogP contribution is -2.43. The van der Waals surface area contributed by atoms with Crippen LogP contribution in [-0.4, -0.2) is 61.0 Å². The van der Waals surface area contributed by atoms with Crippen LogP contribution < -0.4 is 5.73 Å². The molecular weight excluding hydrogens is 260 g/mol. The fourth-order valence-electron chi connectivity index (χ4n) is 2.06. The van der Waals surface area contributed by atoms with Crippen molar-refractivity contribution in [2.45, 2.75) is 6.04 Å². The van der Waals surface area contributed by atoms with Crippen LogP contribution in [0, 0.1) is 0 Å². The van der Waals surface area contributed by atoms with Crippen molar-refractivity contribution in [3.63, 3.8) is 0 Å². The van der Waals surface area contributed by atoms with Gasteiger partial charge in [0.2, 0.25) is 0 Å². The third-order valence-electron chi connectivity index (χ3n) is 3.26.